The van der Waals surface area contributed by atoms with Crippen molar-refractivity contribution in [2.75, 3.05) is 6.79 Å². The Labute approximate surface area is 179 Å². The van der Waals surface area contributed by atoms with E-state index in [1.807, 2.05) is 48.5 Å². The van der Waals surface area contributed by atoms with Gasteiger partial charge in [-0.15, -0.1) is 11.3 Å². The van der Waals surface area contributed by atoms with E-state index in [1.165, 1.54) is 16.2 Å². The highest BCUT2D eigenvalue weighted by Crippen LogP contribution is 2.36. The van der Waals surface area contributed by atoms with Crippen LogP contribution in [0, 0.1) is 0 Å². The number of carbonyl (C=O) groups is 2. The van der Waals surface area contributed by atoms with Gasteiger partial charge in [-0.25, -0.2) is 0 Å². The molecule has 2 aliphatic rings. The molecule has 0 saturated carbocycles. The van der Waals surface area contributed by atoms with Gasteiger partial charge in [0.2, 0.25) is 6.79 Å². The monoisotopic (exact) mass is 467 g/mol. The number of benzene rings is 2. The molecule has 0 unspecified atom stereocenters. The van der Waals surface area contributed by atoms with Crippen molar-refractivity contribution in [1.82, 2.24) is 4.90 Å². The smallest absolute Gasteiger partial charge is 0.261 e. The van der Waals surface area contributed by atoms with Crippen LogP contribution in [-0.2, 0) is 11.3 Å². The quantitative estimate of drug-likeness (QED) is 0.403. The normalized spacial score (nSPS) is 16.4. The van der Waals surface area contributed by atoms with E-state index in [0.717, 1.165) is 14.2 Å². The Hall–Kier alpha value is -2.90. The van der Waals surface area contributed by atoms with Crippen molar-refractivity contribution in [3.05, 3.63) is 80.0 Å². The SMILES string of the molecule is O=C1/C(=C/c2ccc(Br)s2)c2ccccc2C(=O)N1Cc1ccc2c(c1)OCO2. The number of hydrogen-bond acceptors (Lipinski definition) is 5. The Morgan fingerprint density at radius 2 is 1.76 bits per heavy atom. The van der Waals surface area contributed by atoms with Crippen molar-refractivity contribution in [3.63, 3.8) is 0 Å². The molecule has 0 aliphatic carbocycles. The molecule has 0 N–H and O–H groups in total. The fraction of sp³-hybridized carbons (Fsp3) is 0.0909. The molecule has 0 saturated heterocycles. The van der Waals surface area contributed by atoms with Gasteiger partial charge in [0.25, 0.3) is 11.8 Å². The molecule has 5 rings (SSSR count). The van der Waals surface area contributed by atoms with Crippen LogP contribution < -0.4 is 9.47 Å². The summed E-state index contributed by atoms with van der Waals surface area (Å²) in [6.07, 6.45) is 1.84. The molecular weight excluding hydrogens is 454 g/mol. The maximum atomic E-state index is 13.3. The Morgan fingerprint density at radius 3 is 2.55 bits per heavy atom. The Bertz CT molecular complexity index is 1180. The van der Waals surface area contributed by atoms with Gasteiger partial charge < -0.3 is 9.47 Å². The van der Waals surface area contributed by atoms with E-state index in [0.29, 0.717) is 28.2 Å². The van der Waals surface area contributed by atoms with Gasteiger partial charge in [0.05, 0.1) is 10.3 Å². The molecule has 1 aromatic heterocycles. The van der Waals surface area contributed by atoms with Gasteiger partial charge in [-0.1, -0.05) is 24.3 Å². The number of ether oxygens (including phenoxy) is 2. The van der Waals surface area contributed by atoms with E-state index < -0.39 is 0 Å². The second-order valence-corrected chi connectivity index (χ2v) is 9.12. The maximum Gasteiger partial charge on any atom is 0.261 e. The number of halogens is 1. The number of amides is 2. The Kier molecular flexibility index (Phi) is 4.49. The maximum absolute atomic E-state index is 13.3. The Morgan fingerprint density at radius 1 is 0.966 bits per heavy atom. The van der Waals surface area contributed by atoms with E-state index in [-0.39, 0.29) is 25.2 Å². The zero-order valence-corrected chi connectivity index (χ0v) is 17.5. The van der Waals surface area contributed by atoms with Gasteiger partial charge in [0.15, 0.2) is 11.5 Å². The van der Waals surface area contributed by atoms with Crippen LogP contribution in [0.15, 0.2) is 58.4 Å². The molecule has 2 aromatic carbocycles. The average molecular weight is 468 g/mol. The molecule has 0 bridgehead atoms. The predicted octanol–water partition coefficient (Wildman–Crippen LogP) is 4.96. The third-order valence-electron chi connectivity index (χ3n) is 4.83. The summed E-state index contributed by atoms with van der Waals surface area (Å²) in [6, 6.07) is 16.5. The fourth-order valence-corrected chi connectivity index (χ4v) is 4.82. The molecule has 144 valence electrons. The van der Waals surface area contributed by atoms with E-state index in [4.69, 9.17) is 9.47 Å². The van der Waals surface area contributed by atoms with Gasteiger partial charge >= 0.3 is 0 Å². The molecule has 2 aliphatic heterocycles. The number of imide groups is 1. The van der Waals surface area contributed by atoms with Crippen LogP contribution in [0.4, 0.5) is 0 Å². The lowest BCUT2D eigenvalue weighted by Crippen LogP contribution is -2.41. The minimum absolute atomic E-state index is 0.161. The highest BCUT2D eigenvalue weighted by atomic mass is 79.9. The average Bonchev–Trinajstić information content (AvgIpc) is 3.36. The van der Waals surface area contributed by atoms with Gasteiger partial charge in [0, 0.05) is 16.0 Å². The largest absolute Gasteiger partial charge is 0.454 e. The Balaban J connectivity index is 1.55. The van der Waals surface area contributed by atoms with Crippen LogP contribution in [0.1, 0.15) is 26.4 Å². The van der Waals surface area contributed by atoms with Crippen molar-refractivity contribution >= 4 is 50.7 Å². The standard InChI is InChI=1S/C22H14BrNO4S/c23-20-8-6-14(29-20)10-17-15-3-1-2-4-16(15)21(25)24(22(17)26)11-13-5-7-18-19(9-13)28-12-27-18/h1-10H,11-12H2/b17-10+. The second-order valence-electron chi connectivity index (χ2n) is 6.63. The molecule has 5 nitrogen and oxygen atoms in total. The molecule has 0 fully saturated rings. The molecule has 2 amide bonds. The summed E-state index contributed by atoms with van der Waals surface area (Å²) in [5.41, 5.74) is 2.49. The number of hydrogen-bond donors (Lipinski definition) is 0. The lowest BCUT2D eigenvalue weighted by molar-refractivity contribution is -0.123. The lowest BCUT2D eigenvalue weighted by atomic mass is 9.92. The number of carbonyl (C=O) groups excluding carboxylic acids is 2. The summed E-state index contributed by atoms with van der Waals surface area (Å²) in [5, 5.41) is 0. The summed E-state index contributed by atoms with van der Waals surface area (Å²) in [5.74, 6) is 0.682. The fourth-order valence-electron chi connectivity index (χ4n) is 3.46. The van der Waals surface area contributed by atoms with Gasteiger partial charge in [0.1, 0.15) is 0 Å². The van der Waals surface area contributed by atoms with E-state index in [2.05, 4.69) is 15.9 Å². The highest BCUT2D eigenvalue weighted by molar-refractivity contribution is 9.11. The summed E-state index contributed by atoms with van der Waals surface area (Å²) in [7, 11) is 0. The molecule has 0 radical (unpaired) electrons. The molecule has 7 heteroatoms. The molecule has 0 atom stereocenters. The van der Waals surface area contributed by atoms with E-state index in [1.54, 1.807) is 12.1 Å². The minimum atomic E-state index is -0.309. The van der Waals surface area contributed by atoms with Crippen molar-refractivity contribution in [2.24, 2.45) is 0 Å². The van der Waals surface area contributed by atoms with Crippen molar-refractivity contribution < 1.29 is 19.1 Å². The highest BCUT2D eigenvalue weighted by Gasteiger charge is 2.35. The van der Waals surface area contributed by atoms with Crippen LogP contribution in [0.25, 0.3) is 11.6 Å². The first kappa shape index (κ1) is 18.1. The number of rotatable bonds is 3. The van der Waals surface area contributed by atoms with Crippen LogP contribution >= 0.6 is 27.3 Å². The first-order chi connectivity index (χ1) is 14.1. The lowest BCUT2D eigenvalue weighted by Gasteiger charge is -2.28. The minimum Gasteiger partial charge on any atom is -0.454 e. The van der Waals surface area contributed by atoms with Crippen molar-refractivity contribution in [3.8, 4) is 11.5 Å². The third-order valence-corrected chi connectivity index (χ3v) is 6.40. The van der Waals surface area contributed by atoms with Crippen molar-refractivity contribution in [1.29, 1.82) is 0 Å². The summed E-state index contributed by atoms with van der Waals surface area (Å²) in [6.45, 7) is 0.338. The van der Waals surface area contributed by atoms with E-state index in [9.17, 15) is 9.59 Å². The molecule has 0 spiro atoms. The van der Waals surface area contributed by atoms with Gasteiger partial charge in [-0.2, -0.15) is 0 Å². The number of fused-ring (bicyclic) bond motifs is 2. The topological polar surface area (TPSA) is 55.8 Å². The zero-order chi connectivity index (χ0) is 20.0. The molecular formula is C22H14BrNO4S. The van der Waals surface area contributed by atoms with Crippen LogP contribution in [0.3, 0.4) is 0 Å². The van der Waals surface area contributed by atoms with Crippen molar-refractivity contribution in [2.45, 2.75) is 6.54 Å². The predicted molar refractivity (Wildman–Crippen MR) is 114 cm³/mol. The van der Waals surface area contributed by atoms with Crippen LogP contribution in [-0.4, -0.2) is 23.5 Å². The number of thiophene rings is 1. The summed E-state index contributed by atoms with van der Waals surface area (Å²) >= 11 is 4.98. The molecule has 3 heterocycles. The third kappa shape index (κ3) is 3.26. The van der Waals surface area contributed by atoms with Gasteiger partial charge in [-0.05, 0) is 63.5 Å². The summed E-state index contributed by atoms with van der Waals surface area (Å²) < 4.78 is 11.7. The van der Waals surface area contributed by atoms with Crippen LogP contribution in [0.2, 0.25) is 0 Å². The number of nitrogens with zero attached hydrogens (tertiary/aromatic N) is 1. The first-order valence-electron chi connectivity index (χ1n) is 8.91. The summed E-state index contributed by atoms with van der Waals surface area (Å²) in [4.78, 5) is 28.6. The van der Waals surface area contributed by atoms with Crippen LogP contribution in [0.5, 0.6) is 11.5 Å². The first-order valence-corrected chi connectivity index (χ1v) is 10.5. The van der Waals surface area contributed by atoms with Gasteiger partial charge in [-0.3, -0.25) is 14.5 Å². The molecule has 3 aromatic rings. The zero-order valence-electron chi connectivity index (χ0n) is 15.1. The second kappa shape index (κ2) is 7.17. The van der Waals surface area contributed by atoms with E-state index >= 15 is 0 Å². The molecule has 29 heavy (non-hydrogen) atoms.